The number of methoxy groups -OCH3 is 2. The first-order chi connectivity index (χ1) is 19.4. The smallest absolute Gasteiger partial charge is 0.247 e. The number of rotatable bonds is 12. The molecule has 0 bridgehead atoms. The second-order valence-corrected chi connectivity index (χ2v) is 11.0. The summed E-state index contributed by atoms with van der Waals surface area (Å²) in [6.07, 6.45) is 0.145. The second-order valence-electron chi connectivity index (χ2n) is 10.6. The van der Waals surface area contributed by atoms with Gasteiger partial charge in [0.05, 0.1) is 14.2 Å². The quantitative estimate of drug-likeness (QED) is 0.303. The highest BCUT2D eigenvalue weighted by Crippen LogP contribution is 2.31. The molecule has 2 aromatic carbocycles. The lowest BCUT2D eigenvalue weighted by atomic mass is 10.00. The fraction of sp³-hybridized carbons (Fsp3) is 0.400. The predicted molar refractivity (Wildman–Crippen MR) is 156 cm³/mol. The van der Waals surface area contributed by atoms with Crippen molar-refractivity contribution in [1.29, 1.82) is 0 Å². The van der Waals surface area contributed by atoms with Gasteiger partial charge in [0.15, 0.2) is 17.3 Å². The molecule has 0 aliphatic heterocycles. The van der Waals surface area contributed by atoms with Gasteiger partial charge in [0.2, 0.25) is 17.7 Å². The van der Waals surface area contributed by atoms with E-state index >= 15 is 0 Å². The van der Waals surface area contributed by atoms with Crippen molar-refractivity contribution in [2.45, 2.75) is 58.5 Å². The SMILES string of the molecule is COc1ccc(CCN(C(=O)CCC(=O)Nc2cc(C)on2)[C@H](C(=O)NC(C)(C)C)c2ccccc2Cl)cc1OC. The van der Waals surface area contributed by atoms with Crippen molar-refractivity contribution in [3.05, 3.63) is 70.4 Å². The maximum absolute atomic E-state index is 13.8. The van der Waals surface area contributed by atoms with E-state index in [-0.39, 0.29) is 37.0 Å². The molecule has 0 saturated heterocycles. The summed E-state index contributed by atoms with van der Waals surface area (Å²) in [6, 6.07) is 13.0. The van der Waals surface area contributed by atoms with Gasteiger partial charge in [0.1, 0.15) is 11.8 Å². The minimum atomic E-state index is -1.03. The van der Waals surface area contributed by atoms with Crippen LogP contribution in [-0.2, 0) is 20.8 Å². The monoisotopic (exact) mass is 584 g/mol. The first-order valence-electron chi connectivity index (χ1n) is 13.2. The van der Waals surface area contributed by atoms with E-state index in [4.69, 9.17) is 25.6 Å². The molecule has 41 heavy (non-hydrogen) atoms. The van der Waals surface area contributed by atoms with Crippen molar-refractivity contribution < 1.29 is 28.4 Å². The molecule has 2 N–H and O–H groups in total. The predicted octanol–water partition coefficient (Wildman–Crippen LogP) is 5.10. The highest BCUT2D eigenvalue weighted by Gasteiger charge is 2.34. The van der Waals surface area contributed by atoms with Crippen molar-refractivity contribution in [2.75, 3.05) is 26.1 Å². The van der Waals surface area contributed by atoms with E-state index < -0.39 is 17.5 Å². The molecular weight excluding hydrogens is 548 g/mol. The third kappa shape index (κ3) is 8.97. The van der Waals surface area contributed by atoms with Crippen molar-refractivity contribution in [1.82, 2.24) is 15.4 Å². The van der Waals surface area contributed by atoms with Crippen molar-refractivity contribution in [3.63, 3.8) is 0 Å². The van der Waals surface area contributed by atoms with E-state index in [0.717, 1.165) is 5.56 Å². The highest BCUT2D eigenvalue weighted by atomic mass is 35.5. The van der Waals surface area contributed by atoms with Crippen LogP contribution in [0, 0.1) is 6.92 Å². The normalized spacial score (nSPS) is 11.9. The van der Waals surface area contributed by atoms with Crippen LogP contribution in [0.3, 0.4) is 0 Å². The summed E-state index contributed by atoms with van der Waals surface area (Å²) in [5.74, 6) is 0.778. The Labute approximate surface area is 245 Å². The van der Waals surface area contributed by atoms with Gasteiger partial charge in [0.25, 0.3) is 0 Å². The molecular formula is C30H37ClN4O6. The number of hydrogen-bond acceptors (Lipinski definition) is 7. The highest BCUT2D eigenvalue weighted by molar-refractivity contribution is 6.31. The Bertz CT molecular complexity index is 1370. The summed E-state index contributed by atoms with van der Waals surface area (Å²) in [5.41, 5.74) is 0.789. The second kappa shape index (κ2) is 14.0. The summed E-state index contributed by atoms with van der Waals surface area (Å²) in [5, 5.41) is 9.71. The third-order valence-corrected chi connectivity index (χ3v) is 6.47. The van der Waals surface area contributed by atoms with Crippen molar-refractivity contribution in [2.24, 2.45) is 0 Å². The summed E-state index contributed by atoms with van der Waals surface area (Å²) >= 11 is 6.56. The summed E-state index contributed by atoms with van der Waals surface area (Å²) in [6.45, 7) is 7.47. The Morgan fingerprint density at radius 2 is 1.73 bits per heavy atom. The van der Waals surface area contributed by atoms with Gasteiger partial charge in [-0.15, -0.1) is 0 Å². The largest absolute Gasteiger partial charge is 0.493 e. The number of ether oxygens (including phenoxy) is 2. The first kappa shape index (κ1) is 31.5. The number of halogens is 1. The van der Waals surface area contributed by atoms with Gasteiger partial charge in [-0.05, 0) is 57.9 Å². The zero-order chi connectivity index (χ0) is 30.2. The molecule has 3 rings (SSSR count). The number of aryl methyl sites for hydroxylation is 1. The molecule has 0 aliphatic carbocycles. The minimum Gasteiger partial charge on any atom is -0.493 e. The van der Waals surface area contributed by atoms with Crippen LogP contribution in [0.15, 0.2) is 53.1 Å². The van der Waals surface area contributed by atoms with E-state index in [1.165, 1.54) is 4.90 Å². The van der Waals surface area contributed by atoms with Gasteiger partial charge in [-0.1, -0.05) is 41.0 Å². The third-order valence-electron chi connectivity index (χ3n) is 6.13. The molecule has 0 spiro atoms. The Kier molecular flexibility index (Phi) is 10.8. The number of carbonyl (C=O) groups excluding carboxylic acids is 3. The molecule has 1 aromatic heterocycles. The van der Waals surface area contributed by atoms with E-state index in [1.807, 2.05) is 32.9 Å². The van der Waals surface area contributed by atoms with Gasteiger partial charge in [-0.3, -0.25) is 14.4 Å². The van der Waals surface area contributed by atoms with Crippen molar-refractivity contribution in [3.8, 4) is 11.5 Å². The summed E-state index contributed by atoms with van der Waals surface area (Å²) in [4.78, 5) is 41.6. The summed E-state index contributed by atoms with van der Waals surface area (Å²) < 4.78 is 15.7. The van der Waals surface area contributed by atoms with Crippen LogP contribution in [0.1, 0.15) is 56.5 Å². The molecule has 3 aromatic rings. The van der Waals surface area contributed by atoms with Gasteiger partial charge >= 0.3 is 0 Å². The van der Waals surface area contributed by atoms with Crippen LogP contribution < -0.4 is 20.1 Å². The zero-order valence-electron chi connectivity index (χ0n) is 24.2. The maximum atomic E-state index is 13.8. The average molecular weight is 585 g/mol. The fourth-order valence-corrected chi connectivity index (χ4v) is 4.50. The number of anilines is 1. The average Bonchev–Trinajstić information content (AvgIpc) is 3.33. The van der Waals surface area contributed by atoms with Crippen LogP contribution in [0.25, 0.3) is 0 Å². The lowest BCUT2D eigenvalue weighted by molar-refractivity contribution is -0.142. The maximum Gasteiger partial charge on any atom is 0.247 e. The van der Waals surface area contributed by atoms with Crippen LogP contribution >= 0.6 is 11.6 Å². The minimum absolute atomic E-state index is 0.117. The van der Waals surface area contributed by atoms with E-state index in [1.54, 1.807) is 57.5 Å². The Morgan fingerprint density at radius 3 is 2.34 bits per heavy atom. The molecule has 0 aliphatic rings. The lowest BCUT2D eigenvalue weighted by Crippen LogP contribution is -2.50. The number of benzene rings is 2. The number of nitrogens with zero attached hydrogens (tertiary/aromatic N) is 2. The number of nitrogens with one attached hydrogen (secondary N) is 2. The van der Waals surface area contributed by atoms with E-state index in [2.05, 4.69) is 15.8 Å². The van der Waals surface area contributed by atoms with Crippen LogP contribution in [0.4, 0.5) is 5.82 Å². The Balaban J connectivity index is 1.92. The first-order valence-corrected chi connectivity index (χ1v) is 13.6. The topological polar surface area (TPSA) is 123 Å². The van der Waals surface area contributed by atoms with Crippen LogP contribution in [0.5, 0.6) is 11.5 Å². The van der Waals surface area contributed by atoms with E-state index in [0.29, 0.717) is 34.3 Å². The molecule has 0 fully saturated rings. The zero-order valence-corrected chi connectivity index (χ0v) is 25.0. The lowest BCUT2D eigenvalue weighted by Gasteiger charge is -2.34. The molecule has 0 unspecified atom stereocenters. The van der Waals surface area contributed by atoms with Crippen LogP contribution in [0.2, 0.25) is 5.02 Å². The molecule has 10 nitrogen and oxygen atoms in total. The van der Waals surface area contributed by atoms with Crippen molar-refractivity contribution >= 4 is 35.1 Å². The van der Waals surface area contributed by atoms with Gasteiger partial charge in [-0.25, -0.2) is 0 Å². The van der Waals surface area contributed by atoms with E-state index in [9.17, 15) is 14.4 Å². The molecule has 1 heterocycles. The molecule has 0 radical (unpaired) electrons. The molecule has 0 saturated carbocycles. The standard InChI is InChI=1S/C30H37ClN4O6/c1-19-17-25(34-41-19)32-26(36)13-14-27(37)35(16-15-20-11-12-23(39-5)24(18-20)40-6)28(29(38)33-30(2,3)4)21-9-7-8-10-22(21)31/h7-12,17-18,28H,13-16H2,1-6H3,(H,33,38)(H,32,34,36)/t28-/m0/s1. The number of amides is 3. The Hall–Kier alpha value is -4.05. The van der Waals surface area contributed by atoms with Gasteiger partial charge in [-0.2, -0.15) is 0 Å². The van der Waals surface area contributed by atoms with Gasteiger partial charge < -0.3 is 29.5 Å². The van der Waals surface area contributed by atoms with Crippen LogP contribution in [-0.4, -0.2) is 54.1 Å². The fourth-order valence-electron chi connectivity index (χ4n) is 4.26. The number of carbonyl (C=O) groups is 3. The summed E-state index contributed by atoms with van der Waals surface area (Å²) in [7, 11) is 3.10. The molecule has 220 valence electrons. The molecule has 3 amide bonds. The molecule has 11 heteroatoms. The number of aromatic nitrogens is 1. The van der Waals surface area contributed by atoms with Gasteiger partial charge in [0, 0.05) is 41.6 Å². The molecule has 1 atom stereocenters. The number of hydrogen-bond donors (Lipinski definition) is 2. The Morgan fingerprint density at radius 1 is 1.02 bits per heavy atom.